The van der Waals surface area contributed by atoms with Gasteiger partial charge in [-0.15, -0.1) is 0 Å². The molecule has 1 unspecified atom stereocenters. The molecule has 1 atom stereocenters. The summed E-state index contributed by atoms with van der Waals surface area (Å²) in [4.78, 5) is 24.2. The van der Waals surface area contributed by atoms with E-state index in [1.165, 1.54) is 39.4 Å². The van der Waals surface area contributed by atoms with Crippen molar-refractivity contribution >= 4 is 46.8 Å². The van der Waals surface area contributed by atoms with Gasteiger partial charge in [0.05, 0.1) is 24.9 Å². The fourth-order valence-corrected chi connectivity index (χ4v) is 2.75. The highest BCUT2D eigenvalue weighted by Gasteiger charge is 2.18. The van der Waals surface area contributed by atoms with Crippen LogP contribution in [0.2, 0.25) is 10.0 Å². The molecule has 2 rings (SSSR count). The highest BCUT2D eigenvalue weighted by molar-refractivity contribution is 6.36. The van der Waals surface area contributed by atoms with Crippen LogP contribution >= 0.6 is 23.2 Å². The number of carbonyl (C=O) groups is 2. The minimum absolute atomic E-state index is 0.282. The monoisotopic (exact) mass is 423 g/mol. The predicted molar refractivity (Wildman–Crippen MR) is 109 cm³/mol. The van der Waals surface area contributed by atoms with E-state index >= 15 is 0 Å². The zero-order chi connectivity index (χ0) is 20.7. The van der Waals surface area contributed by atoms with Crippen molar-refractivity contribution in [2.24, 2.45) is 0 Å². The first-order valence-electron chi connectivity index (χ1n) is 8.21. The molecule has 28 heavy (non-hydrogen) atoms. The molecule has 0 heterocycles. The number of halogens is 2. The third-order valence-electron chi connectivity index (χ3n) is 3.68. The summed E-state index contributed by atoms with van der Waals surface area (Å²) in [6, 6.07) is 9.90. The molecule has 2 aromatic rings. The van der Waals surface area contributed by atoms with Crippen molar-refractivity contribution in [3.63, 3.8) is 0 Å². The Morgan fingerprint density at radius 3 is 2.50 bits per heavy atom. The molecule has 8 heteroatoms. The van der Waals surface area contributed by atoms with Crippen LogP contribution in [0.15, 0.2) is 42.5 Å². The molecule has 0 aliphatic rings. The topological polar surface area (TPSA) is 73.9 Å². The van der Waals surface area contributed by atoms with E-state index < -0.39 is 18.0 Å². The number of carbonyl (C=O) groups excluding carboxylic acids is 2. The van der Waals surface area contributed by atoms with Crippen molar-refractivity contribution < 1.29 is 23.8 Å². The first-order chi connectivity index (χ1) is 13.3. The summed E-state index contributed by atoms with van der Waals surface area (Å²) in [5.74, 6) is -0.192. The van der Waals surface area contributed by atoms with E-state index in [0.717, 1.165) is 0 Å². The molecule has 1 N–H and O–H groups in total. The van der Waals surface area contributed by atoms with Crippen molar-refractivity contribution in [1.29, 1.82) is 0 Å². The molecule has 0 aromatic heterocycles. The van der Waals surface area contributed by atoms with Gasteiger partial charge in [0.2, 0.25) is 0 Å². The fourth-order valence-electron chi connectivity index (χ4n) is 2.29. The summed E-state index contributed by atoms with van der Waals surface area (Å²) in [6.07, 6.45) is 1.69. The van der Waals surface area contributed by atoms with Gasteiger partial charge >= 0.3 is 5.97 Å². The van der Waals surface area contributed by atoms with Gasteiger partial charge in [0.25, 0.3) is 5.91 Å². The van der Waals surface area contributed by atoms with Crippen LogP contribution in [-0.2, 0) is 14.3 Å². The number of rotatable bonds is 7. The van der Waals surface area contributed by atoms with E-state index in [1.54, 1.807) is 30.3 Å². The fraction of sp³-hybridized carbons (Fsp3) is 0.200. The Morgan fingerprint density at radius 1 is 1.11 bits per heavy atom. The van der Waals surface area contributed by atoms with Gasteiger partial charge in [0.15, 0.2) is 17.6 Å². The summed E-state index contributed by atoms with van der Waals surface area (Å²) in [7, 11) is 3.02. The lowest BCUT2D eigenvalue weighted by Gasteiger charge is -2.13. The Bertz CT molecular complexity index is 898. The molecule has 148 valence electrons. The summed E-state index contributed by atoms with van der Waals surface area (Å²) >= 11 is 11.8. The Morgan fingerprint density at radius 2 is 1.86 bits per heavy atom. The first kappa shape index (κ1) is 21.6. The number of hydrogen-bond acceptors (Lipinski definition) is 5. The quantitative estimate of drug-likeness (QED) is 0.520. The Balaban J connectivity index is 2.00. The highest BCUT2D eigenvalue weighted by atomic mass is 35.5. The van der Waals surface area contributed by atoms with Crippen LogP contribution in [0, 0.1) is 0 Å². The van der Waals surface area contributed by atoms with E-state index in [1.807, 2.05) is 0 Å². The number of anilines is 1. The number of para-hydroxylation sites is 1. The second kappa shape index (κ2) is 10.0. The Hall–Kier alpha value is -2.70. The SMILES string of the molecule is COc1cccc(/C=C/C(=O)OC(C)C(=O)Nc2ccc(Cl)cc2Cl)c1OC. The number of ether oxygens (including phenoxy) is 3. The van der Waals surface area contributed by atoms with Crippen LogP contribution in [-0.4, -0.2) is 32.2 Å². The minimum atomic E-state index is -1.03. The second-order valence-electron chi connectivity index (χ2n) is 5.61. The maximum absolute atomic E-state index is 12.2. The third kappa shape index (κ3) is 5.65. The summed E-state index contributed by atoms with van der Waals surface area (Å²) in [5, 5.41) is 3.31. The predicted octanol–water partition coefficient (Wildman–Crippen LogP) is 4.59. The second-order valence-corrected chi connectivity index (χ2v) is 6.45. The molecule has 0 aliphatic heterocycles. The molecule has 0 aliphatic carbocycles. The summed E-state index contributed by atoms with van der Waals surface area (Å²) in [5.41, 5.74) is 1.000. The van der Waals surface area contributed by atoms with Gasteiger partial charge in [0, 0.05) is 16.7 Å². The normalized spacial score (nSPS) is 11.8. The van der Waals surface area contributed by atoms with Crippen LogP contribution in [0.4, 0.5) is 5.69 Å². The van der Waals surface area contributed by atoms with E-state index in [-0.39, 0.29) is 5.02 Å². The molecular weight excluding hydrogens is 405 g/mol. The number of benzene rings is 2. The average molecular weight is 424 g/mol. The van der Waals surface area contributed by atoms with Crippen LogP contribution in [0.3, 0.4) is 0 Å². The van der Waals surface area contributed by atoms with E-state index in [2.05, 4.69) is 5.32 Å². The molecule has 0 radical (unpaired) electrons. The smallest absolute Gasteiger partial charge is 0.331 e. The van der Waals surface area contributed by atoms with Gasteiger partial charge in [0.1, 0.15) is 0 Å². The van der Waals surface area contributed by atoms with Gasteiger partial charge in [-0.3, -0.25) is 4.79 Å². The van der Waals surface area contributed by atoms with Gasteiger partial charge < -0.3 is 19.5 Å². The van der Waals surface area contributed by atoms with Crippen molar-refractivity contribution in [3.05, 3.63) is 58.1 Å². The van der Waals surface area contributed by atoms with Crippen molar-refractivity contribution in [1.82, 2.24) is 0 Å². The lowest BCUT2D eigenvalue weighted by molar-refractivity contribution is -0.148. The molecule has 0 saturated heterocycles. The summed E-state index contributed by atoms with van der Waals surface area (Å²) in [6.45, 7) is 1.46. The highest BCUT2D eigenvalue weighted by Crippen LogP contribution is 2.31. The molecule has 0 saturated carbocycles. The average Bonchev–Trinajstić information content (AvgIpc) is 2.67. The van der Waals surface area contributed by atoms with Crippen LogP contribution in [0.5, 0.6) is 11.5 Å². The van der Waals surface area contributed by atoms with Gasteiger partial charge in [-0.1, -0.05) is 35.3 Å². The number of amides is 1. The first-order valence-corrected chi connectivity index (χ1v) is 8.97. The largest absolute Gasteiger partial charge is 0.493 e. The van der Waals surface area contributed by atoms with Crippen molar-refractivity contribution in [3.8, 4) is 11.5 Å². The summed E-state index contributed by atoms with van der Waals surface area (Å²) < 4.78 is 15.6. The standard InChI is InChI=1S/C20H19Cl2NO5/c1-12(20(25)23-16-9-8-14(21)11-15(16)22)28-18(24)10-7-13-5-4-6-17(26-2)19(13)27-3/h4-12H,1-3H3,(H,23,25)/b10-7+. The Kier molecular flexibility index (Phi) is 7.72. The molecule has 2 aromatic carbocycles. The number of methoxy groups -OCH3 is 2. The molecular formula is C20H19Cl2NO5. The zero-order valence-corrected chi connectivity index (χ0v) is 17.0. The van der Waals surface area contributed by atoms with Gasteiger partial charge in [-0.05, 0) is 37.3 Å². The van der Waals surface area contributed by atoms with E-state index in [4.69, 9.17) is 37.4 Å². The van der Waals surface area contributed by atoms with Crippen LogP contribution in [0.25, 0.3) is 6.08 Å². The molecule has 0 bridgehead atoms. The van der Waals surface area contributed by atoms with Gasteiger partial charge in [-0.2, -0.15) is 0 Å². The number of esters is 1. The number of nitrogens with one attached hydrogen (secondary N) is 1. The zero-order valence-electron chi connectivity index (χ0n) is 15.5. The number of hydrogen-bond donors (Lipinski definition) is 1. The third-order valence-corrected chi connectivity index (χ3v) is 4.23. The lowest BCUT2D eigenvalue weighted by Crippen LogP contribution is -2.29. The van der Waals surface area contributed by atoms with Gasteiger partial charge in [-0.25, -0.2) is 4.79 Å². The van der Waals surface area contributed by atoms with E-state index in [9.17, 15) is 9.59 Å². The molecule has 0 spiro atoms. The molecule has 0 fully saturated rings. The maximum Gasteiger partial charge on any atom is 0.331 e. The minimum Gasteiger partial charge on any atom is -0.493 e. The van der Waals surface area contributed by atoms with Crippen LogP contribution < -0.4 is 14.8 Å². The van der Waals surface area contributed by atoms with Crippen LogP contribution in [0.1, 0.15) is 12.5 Å². The van der Waals surface area contributed by atoms with Crippen molar-refractivity contribution in [2.45, 2.75) is 13.0 Å². The van der Waals surface area contributed by atoms with Crippen molar-refractivity contribution in [2.75, 3.05) is 19.5 Å². The molecule has 6 nitrogen and oxygen atoms in total. The molecule has 1 amide bonds. The Labute approximate surface area is 173 Å². The lowest BCUT2D eigenvalue weighted by atomic mass is 10.1. The maximum atomic E-state index is 12.2. The van der Waals surface area contributed by atoms with E-state index in [0.29, 0.717) is 27.8 Å².